The van der Waals surface area contributed by atoms with Gasteiger partial charge in [-0.05, 0) is 109 Å². The van der Waals surface area contributed by atoms with Gasteiger partial charge in [-0.15, -0.1) is 23.2 Å². The molecule has 18 heteroatoms. The summed E-state index contributed by atoms with van der Waals surface area (Å²) in [7, 11) is 6.54. The number of anilines is 2. The largest absolute Gasteiger partial charge is 0.493 e. The smallest absolute Gasteiger partial charge is 0.238 e. The van der Waals surface area contributed by atoms with Gasteiger partial charge in [-0.25, -0.2) is 0 Å². The molecule has 0 unspecified atom stereocenters. The predicted octanol–water partition coefficient (Wildman–Crippen LogP) is 7.73. The number of hydrogen-bond donors (Lipinski definition) is 0. The Morgan fingerprint density at radius 1 is 0.530 bits per heavy atom. The molecule has 12 nitrogen and oxygen atoms in total. The van der Waals surface area contributed by atoms with Crippen LogP contribution in [-0.4, -0.2) is 127 Å². The van der Waals surface area contributed by atoms with E-state index in [4.69, 9.17) is 51.6 Å². The van der Waals surface area contributed by atoms with Gasteiger partial charge in [-0.3, -0.25) is 9.59 Å². The van der Waals surface area contributed by atoms with Crippen molar-refractivity contribution in [3.63, 3.8) is 0 Å². The minimum atomic E-state index is -0.233. The third kappa shape index (κ3) is 12.2. The van der Waals surface area contributed by atoms with Crippen LogP contribution in [0.1, 0.15) is 59.3 Å². The maximum atomic E-state index is 12.9. The number of morpholine rings is 2. The molecule has 0 aliphatic carbocycles. The predicted molar refractivity (Wildman–Crippen MR) is 285 cm³/mol. The summed E-state index contributed by atoms with van der Waals surface area (Å²) < 4.78 is 33.1. The molecule has 0 N–H and O–H groups in total. The van der Waals surface area contributed by atoms with Crippen LogP contribution >= 0.6 is 77.2 Å². The number of fused-ring (bicyclic) bond motifs is 2. The standard InChI is InChI=1S/2C24H29ClN2O4.4H2S/c2*1-16-12-18-13-21(29-2)22(30-3)14-20(18)24(27(16)23(28)15-25)17-4-6-19(7-5-17)26-8-10-31-11-9-26;;;;/h2*4-7,13-14,16,24H,8-12,15H2,1-3H3;4*1H2/t16-,24+;16-,24-;;;;/m00..../s1. The first-order valence-electron chi connectivity index (χ1n) is 21.2. The molecule has 0 saturated carbocycles. The van der Waals surface area contributed by atoms with Crippen molar-refractivity contribution in [3.8, 4) is 23.0 Å². The van der Waals surface area contributed by atoms with E-state index in [0.717, 1.165) is 98.8 Å². The molecule has 2 saturated heterocycles. The van der Waals surface area contributed by atoms with Gasteiger partial charge in [0.15, 0.2) is 23.0 Å². The average molecular weight is 1030 g/mol. The Morgan fingerprint density at radius 2 is 0.833 bits per heavy atom. The first-order chi connectivity index (χ1) is 30.1. The van der Waals surface area contributed by atoms with Crippen LogP contribution in [0.5, 0.6) is 23.0 Å². The van der Waals surface area contributed by atoms with Gasteiger partial charge >= 0.3 is 0 Å². The number of rotatable bonds is 10. The van der Waals surface area contributed by atoms with E-state index < -0.39 is 0 Å². The molecule has 4 aliphatic heterocycles. The van der Waals surface area contributed by atoms with E-state index >= 15 is 0 Å². The van der Waals surface area contributed by atoms with E-state index in [1.807, 2.05) is 34.1 Å². The molecule has 66 heavy (non-hydrogen) atoms. The molecule has 0 aromatic heterocycles. The van der Waals surface area contributed by atoms with Gasteiger partial charge in [-0.2, -0.15) is 54.0 Å². The number of carbonyl (C=O) groups is 2. The molecule has 8 rings (SSSR count). The molecular weight excluding hydrogens is 960 g/mol. The van der Waals surface area contributed by atoms with Crippen LogP contribution < -0.4 is 28.7 Å². The fraction of sp³-hybridized carbons (Fsp3) is 0.458. The number of hydrogen-bond acceptors (Lipinski definition) is 10. The summed E-state index contributed by atoms with van der Waals surface area (Å²) in [4.78, 5) is 34.2. The van der Waals surface area contributed by atoms with Gasteiger partial charge < -0.3 is 48.0 Å². The Bertz CT molecular complexity index is 2030. The Morgan fingerprint density at radius 3 is 1.12 bits per heavy atom. The van der Waals surface area contributed by atoms with E-state index in [2.05, 4.69) is 72.2 Å². The lowest BCUT2D eigenvalue weighted by molar-refractivity contribution is -0.133. The van der Waals surface area contributed by atoms with E-state index in [-0.39, 0.29) is 102 Å². The van der Waals surface area contributed by atoms with Crippen LogP contribution in [-0.2, 0) is 31.9 Å². The number of methoxy groups -OCH3 is 4. The molecule has 0 radical (unpaired) electrons. The van der Waals surface area contributed by atoms with Gasteiger partial charge in [0.05, 0.1) is 67.0 Å². The SMILES string of the molecule is COc1cc2c(cc1OC)[C@@H](c1ccc(N3CCOCC3)cc1)N(C(=O)CCl)[C@@H](C)C2.COc1cc2c(cc1OC)[C@H](c1ccc(N3CCOCC3)cc1)N(C(=O)CCl)[C@@H](C)C2.S.S.S.S. The van der Waals surface area contributed by atoms with Crippen molar-refractivity contribution >= 4 is 100 Å². The summed E-state index contributed by atoms with van der Waals surface area (Å²) >= 11 is 12.0. The second-order valence-electron chi connectivity index (χ2n) is 16.0. The Hall–Kier alpha value is -3.48. The van der Waals surface area contributed by atoms with Crippen LogP contribution in [0.25, 0.3) is 0 Å². The van der Waals surface area contributed by atoms with Gasteiger partial charge in [0.25, 0.3) is 0 Å². The van der Waals surface area contributed by atoms with Crippen molar-refractivity contribution in [1.29, 1.82) is 0 Å². The molecule has 364 valence electrons. The Kier molecular flexibility index (Phi) is 22.7. The summed E-state index contributed by atoms with van der Waals surface area (Å²) in [6.45, 7) is 10.7. The third-order valence-electron chi connectivity index (χ3n) is 12.4. The molecule has 2 amide bonds. The quantitative estimate of drug-likeness (QED) is 0.147. The van der Waals surface area contributed by atoms with Crippen molar-refractivity contribution in [3.05, 3.63) is 106 Å². The van der Waals surface area contributed by atoms with Crippen molar-refractivity contribution in [2.24, 2.45) is 0 Å². The lowest BCUT2D eigenvalue weighted by atomic mass is 9.84. The molecule has 4 atom stereocenters. The lowest BCUT2D eigenvalue weighted by Crippen LogP contribution is -2.47. The summed E-state index contributed by atoms with van der Waals surface area (Å²) in [5.41, 5.74) is 8.85. The number of benzene rings is 4. The second-order valence-corrected chi connectivity index (χ2v) is 16.5. The van der Waals surface area contributed by atoms with Crippen LogP contribution in [0, 0.1) is 0 Å². The molecule has 4 aliphatic rings. The average Bonchev–Trinajstić information content (AvgIpc) is 3.32. The Labute approximate surface area is 428 Å². The normalized spacial score (nSPS) is 19.6. The number of amides is 2. The van der Waals surface area contributed by atoms with Crippen LogP contribution in [0.15, 0.2) is 72.8 Å². The molecule has 4 aromatic carbocycles. The first kappa shape index (κ1) is 56.8. The second kappa shape index (κ2) is 26.3. The van der Waals surface area contributed by atoms with Crippen LogP contribution in [0.3, 0.4) is 0 Å². The fourth-order valence-electron chi connectivity index (χ4n) is 9.35. The summed E-state index contributed by atoms with van der Waals surface area (Å²) in [5.74, 6) is 2.48. The monoisotopic (exact) mass is 1020 g/mol. The molecule has 0 bridgehead atoms. The number of carbonyl (C=O) groups excluding carboxylic acids is 2. The van der Waals surface area contributed by atoms with E-state index in [1.54, 1.807) is 28.4 Å². The summed E-state index contributed by atoms with van der Waals surface area (Å²) in [6, 6.07) is 24.6. The van der Waals surface area contributed by atoms with E-state index in [0.29, 0.717) is 23.0 Å². The maximum Gasteiger partial charge on any atom is 0.238 e. The van der Waals surface area contributed by atoms with Crippen molar-refractivity contribution in [2.45, 2.75) is 50.9 Å². The number of ether oxygens (including phenoxy) is 6. The van der Waals surface area contributed by atoms with Crippen molar-refractivity contribution in [2.75, 3.05) is 103 Å². The van der Waals surface area contributed by atoms with Gasteiger partial charge in [-0.1, -0.05) is 24.3 Å². The molecule has 0 spiro atoms. The van der Waals surface area contributed by atoms with E-state index in [1.165, 1.54) is 11.4 Å². The molecular formula is C48H66Cl2N4O8S4. The minimum Gasteiger partial charge on any atom is -0.493 e. The van der Waals surface area contributed by atoms with Gasteiger partial charge in [0, 0.05) is 49.6 Å². The summed E-state index contributed by atoms with van der Waals surface area (Å²) in [6.07, 6.45) is 1.47. The first-order valence-corrected chi connectivity index (χ1v) is 22.3. The van der Waals surface area contributed by atoms with E-state index in [9.17, 15) is 9.59 Å². The zero-order valence-corrected chi connectivity index (χ0v) is 44.0. The maximum absolute atomic E-state index is 12.9. The molecule has 2 fully saturated rings. The highest BCUT2D eigenvalue weighted by Gasteiger charge is 2.39. The van der Waals surface area contributed by atoms with Gasteiger partial charge in [0.2, 0.25) is 11.8 Å². The zero-order chi connectivity index (χ0) is 43.9. The van der Waals surface area contributed by atoms with Crippen molar-refractivity contribution < 1.29 is 38.0 Å². The third-order valence-corrected chi connectivity index (χ3v) is 12.8. The van der Waals surface area contributed by atoms with Crippen LogP contribution in [0.4, 0.5) is 11.4 Å². The van der Waals surface area contributed by atoms with Crippen molar-refractivity contribution in [1.82, 2.24) is 9.80 Å². The number of halogens is 2. The highest BCUT2D eigenvalue weighted by Crippen LogP contribution is 2.45. The van der Waals surface area contributed by atoms with Gasteiger partial charge in [0.1, 0.15) is 11.8 Å². The fourth-order valence-corrected chi connectivity index (χ4v) is 9.63. The zero-order valence-electron chi connectivity index (χ0n) is 38.5. The lowest BCUT2D eigenvalue weighted by Gasteiger charge is -2.42. The highest BCUT2D eigenvalue weighted by molar-refractivity contribution is 7.59. The van der Waals surface area contributed by atoms with Crippen LogP contribution in [0.2, 0.25) is 0 Å². The number of alkyl halides is 2. The topological polar surface area (TPSA) is 102 Å². The highest BCUT2D eigenvalue weighted by atomic mass is 35.5. The molecule has 4 aromatic rings. The Balaban J connectivity index is 0.000000330. The summed E-state index contributed by atoms with van der Waals surface area (Å²) in [5, 5.41) is 0. The number of nitrogens with zero attached hydrogens (tertiary/aromatic N) is 4. The molecule has 4 heterocycles. The minimum absolute atomic E-state index is 0.